The Morgan fingerprint density at radius 3 is 2.62 bits per heavy atom. The molecule has 0 unspecified atom stereocenters. The molecule has 0 fully saturated rings. The van der Waals surface area contributed by atoms with Crippen LogP contribution in [0.15, 0.2) is 28.9 Å². The quantitative estimate of drug-likeness (QED) is 0.570. The van der Waals surface area contributed by atoms with E-state index in [0.717, 1.165) is 21.3 Å². The van der Waals surface area contributed by atoms with Crippen LogP contribution in [-0.2, 0) is 0 Å². The summed E-state index contributed by atoms with van der Waals surface area (Å²) in [5, 5.41) is 3.13. The maximum absolute atomic E-state index is 12.3. The zero-order chi connectivity index (χ0) is 15.6. The number of carbonyl (C=O) groups excluding carboxylic acids is 1. The first kappa shape index (κ1) is 15.8. The third-order valence-corrected chi connectivity index (χ3v) is 3.82. The highest BCUT2D eigenvalue weighted by Gasteiger charge is 2.13. The highest BCUT2D eigenvalue weighted by molar-refractivity contribution is 9.10. The van der Waals surface area contributed by atoms with E-state index in [2.05, 4.69) is 31.7 Å². The van der Waals surface area contributed by atoms with Gasteiger partial charge >= 0.3 is 0 Å². The lowest BCUT2D eigenvalue weighted by Crippen LogP contribution is -2.15. The van der Waals surface area contributed by atoms with Crippen LogP contribution in [0.4, 0.5) is 11.5 Å². The number of aromatic nitrogens is 1. The van der Waals surface area contributed by atoms with Crippen molar-refractivity contribution < 1.29 is 4.79 Å². The molecule has 1 aromatic carbocycles. The smallest absolute Gasteiger partial charge is 0.257 e. The van der Waals surface area contributed by atoms with Crippen molar-refractivity contribution in [2.24, 2.45) is 5.84 Å². The van der Waals surface area contributed by atoms with Crippen LogP contribution in [0.5, 0.6) is 0 Å². The maximum atomic E-state index is 12.3. The Morgan fingerprint density at radius 1 is 1.33 bits per heavy atom. The summed E-state index contributed by atoms with van der Waals surface area (Å²) in [6.45, 7) is 3.92. The third kappa shape index (κ3) is 3.53. The lowest BCUT2D eigenvalue weighted by molar-refractivity contribution is 0.102. The van der Waals surface area contributed by atoms with E-state index in [9.17, 15) is 4.79 Å². The van der Waals surface area contributed by atoms with Gasteiger partial charge in [0.05, 0.1) is 16.3 Å². The van der Waals surface area contributed by atoms with E-state index in [1.54, 1.807) is 0 Å². The molecule has 7 heteroatoms. The Hall–Kier alpha value is -1.63. The van der Waals surface area contributed by atoms with Crippen molar-refractivity contribution in [3.8, 4) is 0 Å². The predicted octanol–water partition coefficient (Wildman–Crippen LogP) is 3.65. The Balaban J connectivity index is 2.28. The van der Waals surface area contributed by atoms with E-state index >= 15 is 0 Å². The second kappa shape index (κ2) is 6.43. The van der Waals surface area contributed by atoms with Crippen molar-refractivity contribution >= 4 is 44.9 Å². The SMILES string of the molecule is Cc1cc(C)c(NC(=O)c2cnc(NN)c(Cl)c2)c(Br)c1. The van der Waals surface area contributed by atoms with Crippen molar-refractivity contribution in [3.05, 3.63) is 50.6 Å². The lowest BCUT2D eigenvalue weighted by Gasteiger charge is -2.12. The number of hydrogen-bond acceptors (Lipinski definition) is 4. The van der Waals surface area contributed by atoms with Crippen LogP contribution in [0.2, 0.25) is 5.02 Å². The van der Waals surface area contributed by atoms with Crippen molar-refractivity contribution in [2.75, 3.05) is 10.7 Å². The van der Waals surface area contributed by atoms with E-state index in [1.165, 1.54) is 12.3 Å². The second-order valence-electron chi connectivity index (χ2n) is 4.59. The third-order valence-electron chi connectivity index (χ3n) is 2.91. The number of benzene rings is 1. The fourth-order valence-corrected chi connectivity index (χ4v) is 2.92. The molecule has 0 aliphatic carbocycles. The Labute approximate surface area is 136 Å². The Kier molecular flexibility index (Phi) is 4.82. The minimum absolute atomic E-state index is 0.282. The summed E-state index contributed by atoms with van der Waals surface area (Å²) >= 11 is 9.42. The molecule has 1 aromatic heterocycles. The van der Waals surface area contributed by atoms with Crippen molar-refractivity contribution in [3.63, 3.8) is 0 Å². The molecule has 1 heterocycles. The lowest BCUT2D eigenvalue weighted by atomic mass is 10.1. The number of aryl methyl sites for hydroxylation is 2. The summed E-state index contributed by atoms with van der Waals surface area (Å²) in [7, 11) is 0. The summed E-state index contributed by atoms with van der Waals surface area (Å²) in [5.74, 6) is 5.28. The maximum Gasteiger partial charge on any atom is 0.257 e. The standard InChI is InChI=1S/C14H14BrClN4O/c1-7-3-8(2)12(10(15)4-7)19-14(21)9-5-11(16)13(20-17)18-6-9/h3-6H,17H2,1-2H3,(H,18,20)(H,19,21). The van der Waals surface area contributed by atoms with Crippen LogP contribution in [-0.4, -0.2) is 10.9 Å². The number of nitrogens with one attached hydrogen (secondary N) is 2. The molecule has 0 aliphatic rings. The normalized spacial score (nSPS) is 10.3. The Bertz CT molecular complexity index is 682. The van der Waals surface area contributed by atoms with Crippen LogP contribution in [0.1, 0.15) is 21.5 Å². The molecular formula is C14H14BrClN4O. The number of nitrogens with zero attached hydrogens (tertiary/aromatic N) is 1. The zero-order valence-corrected chi connectivity index (χ0v) is 13.8. The topological polar surface area (TPSA) is 80.0 Å². The van der Waals surface area contributed by atoms with Crippen LogP contribution in [0, 0.1) is 13.8 Å². The molecule has 4 N–H and O–H groups in total. The second-order valence-corrected chi connectivity index (χ2v) is 5.85. The van der Waals surface area contributed by atoms with Gasteiger partial charge in [0.25, 0.3) is 5.91 Å². The summed E-state index contributed by atoms with van der Waals surface area (Å²) in [5.41, 5.74) is 5.51. The van der Waals surface area contributed by atoms with Gasteiger partial charge in [-0.2, -0.15) is 0 Å². The van der Waals surface area contributed by atoms with Gasteiger partial charge in [-0.1, -0.05) is 17.7 Å². The van der Waals surface area contributed by atoms with Crippen LogP contribution in [0.3, 0.4) is 0 Å². The summed E-state index contributed by atoms with van der Waals surface area (Å²) in [6.07, 6.45) is 1.41. The highest BCUT2D eigenvalue weighted by atomic mass is 79.9. The van der Waals surface area contributed by atoms with Gasteiger partial charge in [-0.25, -0.2) is 10.8 Å². The fraction of sp³-hybridized carbons (Fsp3) is 0.143. The largest absolute Gasteiger partial charge is 0.321 e. The van der Waals surface area contributed by atoms with Crippen molar-refractivity contribution in [1.82, 2.24) is 4.98 Å². The number of carbonyl (C=O) groups is 1. The number of nitrogen functional groups attached to an aromatic ring is 1. The van der Waals surface area contributed by atoms with Gasteiger partial charge in [0.2, 0.25) is 0 Å². The fourth-order valence-electron chi connectivity index (χ4n) is 1.93. The molecule has 0 atom stereocenters. The van der Waals surface area contributed by atoms with E-state index in [0.29, 0.717) is 11.4 Å². The molecule has 0 bridgehead atoms. The van der Waals surface area contributed by atoms with Gasteiger partial charge in [-0.05, 0) is 53.0 Å². The molecule has 110 valence electrons. The van der Waals surface area contributed by atoms with Gasteiger partial charge in [0, 0.05) is 10.7 Å². The molecule has 5 nitrogen and oxygen atoms in total. The first-order valence-corrected chi connectivity index (χ1v) is 7.29. The molecule has 1 amide bonds. The summed E-state index contributed by atoms with van der Waals surface area (Å²) in [4.78, 5) is 16.3. The molecule has 2 aromatic rings. The highest BCUT2D eigenvalue weighted by Crippen LogP contribution is 2.28. The molecule has 21 heavy (non-hydrogen) atoms. The number of rotatable bonds is 3. The number of nitrogens with two attached hydrogens (primary N) is 1. The monoisotopic (exact) mass is 368 g/mol. The minimum Gasteiger partial charge on any atom is -0.321 e. The molecular weight excluding hydrogens is 356 g/mol. The van der Waals surface area contributed by atoms with Gasteiger partial charge in [0.1, 0.15) is 0 Å². The van der Waals surface area contributed by atoms with Crippen LogP contribution >= 0.6 is 27.5 Å². The first-order valence-electron chi connectivity index (χ1n) is 6.12. The van der Waals surface area contributed by atoms with Crippen LogP contribution < -0.4 is 16.6 Å². The summed E-state index contributed by atoms with van der Waals surface area (Å²) < 4.78 is 0.827. The number of hydrazine groups is 1. The van der Waals surface area contributed by atoms with Gasteiger partial charge in [0.15, 0.2) is 5.82 Å². The molecule has 0 radical (unpaired) electrons. The minimum atomic E-state index is -0.291. The van der Waals surface area contributed by atoms with E-state index in [1.807, 2.05) is 26.0 Å². The van der Waals surface area contributed by atoms with E-state index in [4.69, 9.17) is 17.4 Å². The van der Waals surface area contributed by atoms with Crippen LogP contribution in [0.25, 0.3) is 0 Å². The molecule has 2 rings (SSSR count). The predicted molar refractivity (Wildman–Crippen MR) is 88.6 cm³/mol. The molecule has 0 saturated carbocycles. The van der Waals surface area contributed by atoms with Gasteiger partial charge < -0.3 is 10.7 Å². The van der Waals surface area contributed by atoms with Crippen molar-refractivity contribution in [1.29, 1.82) is 0 Å². The number of halogens is 2. The summed E-state index contributed by atoms with van der Waals surface area (Å²) in [6, 6.07) is 5.44. The van der Waals surface area contributed by atoms with E-state index < -0.39 is 0 Å². The number of pyridine rings is 1. The van der Waals surface area contributed by atoms with Gasteiger partial charge in [-0.3, -0.25) is 4.79 Å². The van der Waals surface area contributed by atoms with Gasteiger partial charge in [-0.15, -0.1) is 0 Å². The molecule has 0 spiro atoms. The average Bonchev–Trinajstić information content (AvgIpc) is 2.42. The Morgan fingerprint density at radius 2 is 2.05 bits per heavy atom. The first-order chi connectivity index (χ1) is 9.92. The number of hydrogen-bond donors (Lipinski definition) is 3. The van der Waals surface area contributed by atoms with E-state index in [-0.39, 0.29) is 10.9 Å². The number of anilines is 2. The number of amides is 1. The zero-order valence-electron chi connectivity index (χ0n) is 11.5. The average molecular weight is 370 g/mol. The van der Waals surface area contributed by atoms with Crippen molar-refractivity contribution in [2.45, 2.75) is 13.8 Å². The molecule has 0 aliphatic heterocycles. The molecule has 0 saturated heterocycles.